The summed E-state index contributed by atoms with van der Waals surface area (Å²) in [5, 5.41) is 9.33. The molecule has 2 rings (SSSR count). The van der Waals surface area contributed by atoms with Crippen molar-refractivity contribution in [1.82, 2.24) is 9.80 Å². The van der Waals surface area contributed by atoms with Gasteiger partial charge >= 0.3 is 0 Å². The molecule has 2 aliphatic heterocycles. The number of primary amides is 1. The number of nitrogens with zero attached hydrogens (tertiary/aromatic N) is 2. The van der Waals surface area contributed by atoms with E-state index in [0.717, 1.165) is 12.8 Å². The lowest BCUT2D eigenvalue weighted by atomic mass is 10.1. The average molecular weight is 297 g/mol. The highest BCUT2D eigenvalue weighted by Crippen LogP contribution is 2.25. The zero-order valence-electron chi connectivity index (χ0n) is 12.3. The summed E-state index contributed by atoms with van der Waals surface area (Å²) < 4.78 is 0. The van der Waals surface area contributed by atoms with Crippen LogP contribution in [0.2, 0.25) is 0 Å². The lowest BCUT2D eigenvalue weighted by molar-refractivity contribution is -0.146. The first kappa shape index (κ1) is 15.8. The van der Waals surface area contributed by atoms with Gasteiger partial charge in [0, 0.05) is 13.1 Å². The SMILES string of the molecule is CC(O)CC(=O)N1CCCC1C(=O)N1CCCC1C(N)=O. The molecule has 3 N–H and O–H groups in total. The predicted octanol–water partition coefficient (Wildman–Crippen LogP) is -0.775. The smallest absolute Gasteiger partial charge is 0.246 e. The average Bonchev–Trinajstić information content (AvgIpc) is 3.06. The normalized spacial score (nSPS) is 27.0. The largest absolute Gasteiger partial charge is 0.393 e. The molecule has 0 bridgehead atoms. The van der Waals surface area contributed by atoms with Crippen LogP contribution < -0.4 is 5.73 Å². The third-order valence-electron chi connectivity index (χ3n) is 4.19. The van der Waals surface area contributed by atoms with E-state index in [4.69, 9.17) is 5.73 Å². The molecule has 2 fully saturated rings. The van der Waals surface area contributed by atoms with Gasteiger partial charge in [-0.3, -0.25) is 14.4 Å². The Balaban J connectivity index is 2.07. The van der Waals surface area contributed by atoms with Crippen molar-refractivity contribution in [2.75, 3.05) is 13.1 Å². The predicted molar refractivity (Wildman–Crippen MR) is 75.0 cm³/mol. The number of carbonyl (C=O) groups is 3. The van der Waals surface area contributed by atoms with Crippen LogP contribution >= 0.6 is 0 Å². The summed E-state index contributed by atoms with van der Waals surface area (Å²) in [6.45, 7) is 2.59. The van der Waals surface area contributed by atoms with E-state index >= 15 is 0 Å². The molecular formula is C14H23N3O4. The number of likely N-dealkylation sites (tertiary alicyclic amines) is 2. The van der Waals surface area contributed by atoms with Crippen molar-refractivity contribution in [2.24, 2.45) is 5.73 Å². The Morgan fingerprint density at radius 1 is 1.14 bits per heavy atom. The molecule has 2 saturated heterocycles. The lowest BCUT2D eigenvalue weighted by Gasteiger charge is -2.30. The van der Waals surface area contributed by atoms with Crippen LogP contribution in [0.3, 0.4) is 0 Å². The zero-order chi connectivity index (χ0) is 15.6. The van der Waals surface area contributed by atoms with Gasteiger partial charge in [-0.2, -0.15) is 0 Å². The van der Waals surface area contributed by atoms with E-state index in [1.54, 1.807) is 6.92 Å². The number of nitrogens with two attached hydrogens (primary N) is 1. The highest BCUT2D eigenvalue weighted by Gasteiger charge is 2.41. The second-order valence-corrected chi connectivity index (χ2v) is 5.89. The van der Waals surface area contributed by atoms with Crippen LogP contribution in [-0.2, 0) is 14.4 Å². The maximum absolute atomic E-state index is 12.6. The molecule has 2 heterocycles. The number of aliphatic hydroxyl groups excluding tert-OH is 1. The van der Waals surface area contributed by atoms with Gasteiger partial charge in [-0.25, -0.2) is 0 Å². The maximum Gasteiger partial charge on any atom is 0.246 e. The van der Waals surface area contributed by atoms with Gasteiger partial charge in [0.05, 0.1) is 12.5 Å². The topological polar surface area (TPSA) is 104 Å². The van der Waals surface area contributed by atoms with Crippen LogP contribution in [0, 0.1) is 0 Å². The number of hydrogen-bond acceptors (Lipinski definition) is 4. The standard InChI is InChI=1S/C14H23N3O4/c1-9(18)8-12(19)16-6-3-5-11(16)14(21)17-7-2-4-10(17)13(15)20/h9-11,18H,2-8H2,1H3,(H2,15,20). The minimum Gasteiger partial charge on any atom is -0.393 e. The minimum atomic E-state index is -0.723. The summed E-state index contributed by atoms with van der Waals surface area (Å²) in [6.07, 6.45) is 2.01. The Morgan fingerprint density at radius 2 is 1.71 bits per heavy atom. The Bertz CT molecular complexity index is 438. The van der Waals surface area contributed by atoms with Crippen molar-refractivity contribution in [3.05, 3.63) is 0 Å². The quantitative estimate of drug-likeness (QED) is 0.710. The van der Waals surface area contributed by atoms with Gasteiger partial charge in [0.15, 0.2) is 0 Å². The molecule has 3 atom stereocenters. The molecule has 3 unspecified atom stereocenters. The van der Waals surface area contributed by atoms with Crippen molar-refractivity contribution in [3.8, 4) is 0 Å². The number of aliphatic hydroxyl groups is 1. The van der Waals surface area contributed by atoms with Crippen LogP contribution in [0.15, 0.2) is 0 Å². The molecule has 0 aromatic carbocycles. The summed E-state index contributed by atoms with van der Waals surface area (Å²) in [5.41, 5.74) is 5.34. The molecule has 3 amide bonds. The van der Waals surface area contributed by atoms with E-state index in [-0.39, 0.29) is 18.2 Å². The van der Waals surface area contributed by atoms with Gasteiger partial charge in [0.1, 0.15) is 12.1 Å². The molecule has 2 aliphatic rings. The summed E-state index contributed by atoms with van der Waals surface area (Å²) >= 11 is 0. The lowest BCUT2D eigenvalue weighted by Crippen LogP contribution is -2.52. The second-order valence-electron chi connectivity index (χ2n) is 5.89. The van der Waals surface area contributed by atoms with Crippen molar-refractivity contribution in [1.29, 1.82) is 0 Å². The molecule has 21 heavy (non-hydrogen) atoms. The summed E-state index contributed by atoms with van der Waals surface area (Å²) in [4.78, 5) is 39.2. The Hall–Kier alpha value is -1.63. The third-order valence-corrected chi connectivity index (χ3v) is 4.19. The minimum absolute atomic E-state index is 0.0169. The van der Waals surface area contributed by atoms with E-state index in [1.165, 1.54) is 9.80 Å². The molecule has 0 spiro atoms. The van der Waals surface area contributed by atoms with Crippen LogP contribution in [-0.4, -0.2) is 63.9 Å². The van der Waals surface area contributed by atoms with Crippen LogP contribution in [0.25, 0.3) is 0 Å². The van der Waals surface area contributed by atoms with Crippen LogP contribution in [0.5, 0.6) is 0 Å². The van der Waals surface area contributed by atoms with E-state index in [2.05, 4.69) is 0 Å². The van der Waals surface area contributed by atoms with Gasteiger partial charge in [0.25, 0.3) is 0 Å². The Morgan fingerprint density at radius 3 is 2.29 bits per heavy atom. The first-order valence-electron chi connectivity index (χ1n) is 7.49. The molecular weight excluding hydrogens is 274 g/mol. The highest BCUT2D eigenvalue weighted by atomic mass is 16.3. The fourth-order valence-electron chi connectivity index (χ4n) is 3.21. The molecule has 0 aliphatic carbocycles. The fourth-order valence-corrected chi connectivity index (χ4v) is 3.21. The molecule has 0 aromatic heterocycles. The number of amides is 3. The molecule has 0 radical (unpaired) electrons. The Kier molecular flexibility index (Phi) is 4.82. The molecule has 0 aromatic rings. The number of carbonyl (C=O) groups excluding carboxylic acids is 3. The van der Waals surface area contributed by atoms with E-state index in [9.17, 15) is 19.5 Å². The molecule has 0 saturated carbocycles. The Labute approximate surface area is 124 Å². The zero-order valence-corrected chi connectivity index (χ0v) is 12.3. The number of rotatable bonds is 4. The van der Waals surface area contributed by atoms with Gasteiger partial charge in [-0.05, 0) is 32.6 Å². The van der Waals surface area contributed by atoms with Crippen LogP contribution in [0.4, 0.5) is 0 Å². The van der Waals surface area contributed by atoms with Crippen molar-refractivity contribution in [3.63, 3.8) is 0 Å². The van der Waals surface area contributed by atoms with Gasteiger partial charge in [-0.15, -0.1) is 0 Å². The fraction of sp³-hybridized carbons (Fsp3) is 0.786. The van der Waals surface area contributed by atoms with Gasteiger partial charge in [-0.1, -0.05) is 0 Å². The van der Waals surface area contributed by atoms with E-state index in [1.807, 2.05) is 0 Å². The highest BCUT2D eigenvalue weighted by molar-refractivity contribution is 5.92. The van der Waals surface area contributed by atoms with Crippen LogP contribution in [0.1, 0.15) is 39.0 Å². The van der Waals surface area contributed by atoms with Crippen molar-refractivity contribution < 1.29 is 19.5 Å². The summed E-state index contributed by atoms with van der Waals surface area (Å²) in [7, 11) is 0. The first-order chi connectivity index (χ1) is 9.91. The van der Waals surface area contributed by atoms with Gasteiger partial charge in [0.2, 0.25) is 17.7 Å². The van der Waals surface area contributed by atoms with Crippen molar-refractivity contribution >= 4 is 17.7 Å². The second kappa shape index (κ2) is 6.43. The summed E-state index contributed by atoms with van der Waals surface area (Å²) in [6, 6.07) is -1.07. The molecule has 118 valence electrons. The van der Waals surface area contributed by atoms with E-state index in [0.29, 0.717) is 25.9 Å². The van der Waals surface area contributed by atoms with E-state index < -0.39 is 24.1 Å². The monoisotopic (exact) mass is 297 g/mol. The first-order valence-corrected chi connectivity index (χ1v) is 7.49. The van der Waals surface area contributed by atoms with Crippen molar-refractivity contribution in [2.45, 2.75) is 57.2 Å². The van der Waals surface area contributed by atoms with Gasteiger partial charge < -0.3 is 20.6 Å². The molecule has 7 nitrogen and oxygen atoms in total. The molecule has 7 heteroatoms. The summed E-state index contributed by atoms with van der Waals surface area (Å²) in [5.74, 6) is -0.885. The third kappa shape index (κ3) is 3.34. The maximum atomic E-state index is 12.6. The number of hydrogen-bond donors (Lipinski definition) is 2.